The lowest BCUT2D eigenvalue weighted by Crippen LogP contribution is -2.09. The van der Waals surface area contributed by atoms with Gasteiger partial charge in [-0.3, -0.25) is 0 Å². The van der Waals surface area contributed by atoms with E-state index in [-0.39, 0.29) is 0 Å². The molecule has 1 aromatic heterocycles. The van der Waals surface area contributed by atoms with E-state index in [2.05, 4.69) is 29.2 Å². The molecule has 2 N–H and O–H groups in total. The zero-order chi connectivity index (χ0) is 11.7. The standard InChI is InChI=1S/C15H16N2/c16-15-10-12(8-9-17-15)14-7-2-1-6-13(14)11-4-3-5-11/h1-2,6-11H,3-5H2,(H2,16,17). The monoisotopic (exact) mass is 224 g/mol. The molecule has 0 radical (unpaired) electrons. The summed E-state index contributed by atoms with van der Waals surface area (Å²) in [5.41, 5.74) is 9.71. The number of hydrogen-bond donors (Lipinski definition) is 1. The molecular weight excluding hydrogens is 208 g/mol. The molecule has 0 unspecified atom stereocenters. The van der Waals surface area contributed by atoms with Crippen LogP contribution in [0.2, 0.25) is 0 Å². The molecule has 86 valence electrons. The average molecular weight is 224 g/mol. The smallest absolute Gasteiger partial charge is 0.123 e. The number of nitrogens with zero attached hydrogens (tertiary/aromatic N) is 1. The van der Waals surface area contributed by atoms with Crippen LogP contribution in [0.25, 0.3) is 11.1 Å². The summed E-state index contributed by atoms with van der Waals surface area (Å²) >= 11 is 0. The number of benzene rings is 1. The van der Waals surface area contributed by atoms with Crippen LogP contribution in [0.15, 0.2) is 42.6 Å². The Morgan fingerprint density at radius 3 is 2.65 bits per heavy atom. The van der Waals surface area contributed by atoms with Gasteiger partial charge in [0.2, 0.25) is 0 Å². The molecule has 2 heteroatoms. The molecule has 0 amide bonds. The van der Waals surface area contributed by atoms with Crippen molar-refractivity contribution in [2.24, 2.45) is 0 Å². The van der Waals surface area contributed by atoms with Gasteiger partial charge in [-0.25, -0.2) is 4.98 Å². The lowest BCUT2D eigenvalue weighted by Gasteiger charge is -2.28. The minimum atomic E-state index is 0.589. The van der Waals surface area contributed by atoms with Crippen molar-refractivity contribution in [1.82, 2.24) is 4.98 Å². The zero-order valence-electron chi connectivity index (χ0n) is 9.76. The third-order valence-corrected chi connectivity index (χ3v) is 3.60. The molecule has 1 aliphatic rings. The molecule has 0 spiro atoms. The first kappa shape index (κ1) is 10.3. The topological polar surface area (TPSA) is 38.9 Å². The first-order valence-electron chi connectivity index (χ1n) is 6.15. The van der Waals surface area contributed by atoms with Gasteiger partial charge in [-0.1, -0.05) is 30.7 Å². The van der Waals surface area contributed by atoms with Gasteiger partial charge in [-0.2, -0.15) is 0 Å². The van der Waals surface area contributed by atoms with E-state index < -0.39 is 0 Å². The lowest BCUT2D eigenvalue weighted by molar-refractivity contribution is 0.420. The van der Waals surface area contributed by atoms with Crippen molar-refractivity contribution in [1.29, 1.82) is 0 Å². The third-order valence-electron chi connectivity index (χ3n) is 3.60. The number of nitrogens with two attached hydrogens (primary N) is 1. The fourth-order valence-corrected chi connectivity index (χ4v) is 2.45. The maximum absolute atomic E-state index is 5.76. The number of anilines is 1. The Labute approximate surface area is 102 Å². The van der Waals surface area contributed by atoms with Crippen molar-refractivity contribution in [2.75, 3.05) is 5.73 Å². The number of pyridine rings is 1. The highest BCUT2D eigenvalue weighted by molar-refractivity contribution is 5.70. The van der Waals surface area contributed by atoms with Crippen LogP contribution in [0, 0.1) is 0 Å². The molecule has 1 aliphatic carbocycles. The van der Waals surface area contributed by atoms with Crippen LogP contribution in [0.3, 0.4) is 0 Å². The highest BCUT2D eigenvalue weighted by Crippen LogP contribution is 2.41. The summed E-state index contributed by atoms with van der Waals surface area (Å²) < 4.78 is 0. The molecule has 0 saturated heterocycles. The molecule has 0 aliphatic heterocycles. The molecule has 0 bridgehead atoms. The van der Waals surface area contributed by atoms with Crippen molar-refractivity contribution < 1.29 is 0 Å². The summed E-state index contributed by atoms with van der Waals surface area (Å²) in [5, 5.41) is 0. The first-order chi connectivity index (χ1) is 8.34. The van der Waals surface area contributed by atoms with E-state index in [1.807, 2.05) is 12.1 Å². The van der Waals surface area contributed by atoms with Gasteiger partial charge in [0.25, 0.3) is 0 Å². The van der Waals surface area contributed by atoms with Crippen molar-refractivity contribution in [3.05, 3.63) is 48.2 Å². The van der Waals surface area contributed by atoms with Crippen LogP contribution in [-0.4, -0.2) is 4.98 Å². The molecule has 1 saturated carbocycles. The van der Waals surface area contributed by atoms with Crippen LogP contribution in [0.1, 0.15) is 30.7 Å². The number of nitrogen functional groups attached to an aromatic ring is 1. The Morgan fingerprint density at radius 2 is 1.94 bits per heavy atom. The highest BCUT2D eigenvalue weighted by Gasteiger charge is 2.22. The van der Waals surface area contributed by atoms with Crippen LogP contribution in [0.5, 0.6) is 0 Å². The second-order valence-electron chi connectivity index (χ2n) is 4.68. The minimum Gasteiger partial charge on any atom is -0.384 e. The van der Waals surface area contributed by atoms with Crippen LogP contribution in [-0.2, 0) is 0 Å². The Balaban J connectivity index is 2.07. The maximum atomic E-state index is 5.76. The molecule has 1 fully saturated rings. The summed E-state index contributed by atoms with van der Waals surface area (Å²) in [6.07, 6.45) is 5.77. The molecule has 17 heavy (non-hydrogen) atoms. The van der Waals surface area contributed by atoms with Crippen LogP contribution in [0.4, 0.5) is 5.82 Å². The first-order valence-corrected chi connectivity index (χ1v) is 6.15. The molecule has 2 nitrogen and oxygen atoms in total. The predicted molar refractivity (Wildman–Crippen MR) is 70.7 cm³/mol. The lowest BCUT2D eigenvalue weighted by atomic mass is 9.77. The van der Waals surface area contributed by atoms with Crippen molar-refractivity contribution in [2.45, 2.75) is 25.2 Å². The molecule has 0 atom stereocenters. The molecular formula is C15H16N2. The largest absolute Gasteiger partial charge is 0.384 e. The minimum absolute atomic E-state index is 0.589. The van der Waals surface area contributed by atoms with Crippen LogP contribution < -0.4 is 5.73 Å². The number of aromatic nitrogens is 1. The van der Waals surface area contributed by atoms with Crippen molar-refractivity contribution in [3.8, 4) is 11.1 Å². The zero-order valence-corrected chi connectivity index (χ0v) is 9.76. The quantitative estimate of drug-likeness (QED) is 0.846. The van der Waals surface area contributed by atoms with E-state index in [1.54, 1.807) is 6.20 Å². The second kappa shape index (κ2) is 4.21. The van der Waals surface area contributed by atoms with Gasteiger partial charge in [-0.15, -0.1) is 0 Å². The molecule has 2 aromatic rings. The summed E-state index contributed by atoms with van der Waals surface area (Å²) in [6.45, 7) is 0. The van der Waals surface area contributed by atoms with Gasteiger partial charge in [0.15, 0.2) is 0 Å². The van der Waals surface area contributed by atoms with Gasteiger partial charge in [0, 0.05) is 6.20 Å². The number of hydrogen-bond acceptors (Lipinski definition) is 2. The van der Waals surface area contributed by atoms with E-state index in [0.717, 1.165) is 5.92 Å². The van der Waals surface area contributed by atoms with E-state index >= 15 is 0 Å². The molecule has 1 heterocycles. The van der Waals surface area contributed by atoms with Gasteiger partial charge in [0.1, 0.15) is 5.82 Å². The fourth-order valence-electron chi connectivity index (χ4n) is 2.45. The summed E-state index contributed by atoms with van der Waals surface area (Å²) in [4.78, 5) is 4.05. The Morgan fingerprint density at radius 1 is 1.12 bits per heavy atom. The Kier molecular flexibility index (Phi) is 2.56. The van der Waals surface area contributed by atoms with Gasteiger partial charge >= 0.3 is 0 Å². The summed E-state index contributed by atoms with van der Waals surface area (Å²) in [6, 6.07) is 12.6. The summed E-state index contributed by atoms with van der Waals surface area (Å²) in [5.74, 6) is 1.33. The normalized spacial score (nSPS) is 15.5. The Bertz CT molecular complexity index is 530. The molecule has 1 aromatic carbocycles. The average Bonchev–Trinajstić information content (AvgIpc) is 2.27. The van der Waals surface area contributed by atoms with Gasteiger partial charge in [0.05, 0.1) is 0 Å². The van der Waals surface area contributed by atoms with Gasteiger partial charge < -0.3 is 5.73 Å². The predicted octanol–water partition coefficient (Wildman–Crippen LogP) is 3.60. The third kappa shape index (κ3) is 1.91. The van der Waals surface area contributed by atoms with Crippen LogP contribution >= 0.6 is 0 Å². The Hall–Kier alpha value is -1.83. The fraction of sp³-hybridized carbons (Fsp3) is 0.267. The van der Waals surface area contributed by atoms with E-state index in [1.165, 1.54) is 36.0 Å². The number of rotatable bonds is 2. The highest BCUT2D eigenvalue weighted by atomic mass is 14.8. The van der Waals surface area contributed by atoms with E-state index in [9.17, 15) is 0 Å². The van der Waals surface area contributed by atoms with Gasteiger partial charge in [-0.05, 0) is 47.6 Å². The second-order valence-corrected chi connectivity index (χ2v) is 4.68. The van der Waals surface area contributed by atoms with Crippen molar-refractivity contribution >= 4 is 5.82 Å². The molecule has 3 rings (SSSR count). The van der Waals surface area contributed by atoms with E-state index in [0.29, 0.717) is 5.82 Å². The van der Waals surface area contributed by atoms with E-state index in [4.69, 9.17) is 5.73 Å². The maximum Gasteiger partial charge on any atom is 0.123 e. The van der Waals surface area contributed by atoms with Crippen molar-refractivity contribution in [3.63, 3.8) is 0 Å². The summed E-state index contributed by atoms with van der Waals surface area (Å²) in [7, 11) is 0. The SMILES string of the molecule is Nc1cc(-c2ccccc2C2CCC2)ccn1.